The van der Waals surface area contributed by atoms with E-state index in [1.54, 1.807) is 6.08 Å². The van der Waals surface area contributed by atoms with Gasteiger partial charge in [0.1, 0.15) is 0 Å². The quantitative estimate of drug-likeness (QED) is 0.651. The first-order valence-electron chi connectivity index (χ1n) is 4.72. The van der Waals surface area contributed by atoms with Crippen LogP contribution in [0.2, 0.25) is 0 Å². The minimum atomic E-state index is -0.533. The fraction of sp³-hybridized carbons (Fsp3) is 0.600. The first-order valence-corrected chi connectivity index (χ1v) is 5.09. The minimum absolute atomic E-state index is 0.201. The van der Waals surface area contributed by atoms with Gasteiger partial charge in [0.2, 0.25) is 11.6 Å². The molecule has 0 aromatic rings. The molecule has 14 heavy (non-hydrogen) atoms. The molecule has 0 heterocycles. The molecule has 3 nitrogen and oxygen atoms in total. The van der Waals surface area contributed by atoms with Crippen LogP contribution in [-0.2, 0) is 14.3 Å². The van der Waals surface area contributed by atoms with E-state index in [2.05, 4.69) is 0 Å². The second-order valence-corrected chi connectivity index (χ2v) is 4.03. The van der Waals surface area contributed by atoms with Crippen molar-refractivity contribution in [1.82, 2.24) is 0 Å². The van der Waals surface area contributed by atoms with Crippen molar-refractivity contribution in [3.05, 3.63) is 11.1 Å². The molecule has 0 spiro atoms. The number of halogens is 1. The predicted octanol–water partition coefficient (Wildman–Crippen LogP) is 1.30. The number of allylic oxidation sites excluding steroid dienone is 1. The Morgan fingerprint density at radius 1 is 1.50 bits per heavy atom. The van der Waals surface area contributed by atoms with Crippen LogP contribution >= 0.6 is 11.6 Å². The summed E-state index contributed by atoms with van der Waals surface area (Å²) in [5, 5.41) is 0.476. The number of carbonyl (C=O) groups is 2. The van der Waals surface area contributed by atoms with E-state index in [-0.39, 0.29) is 23.6 Å². The van der Waals surface area contributed by atoms with Gasteiger partial charge in [-0.15, -0.1) is 0 Å². The molecule has 4 heteroatoms. The zero-order chi connectivity index (χ0) is 10.3. The number of hydrogen-bond donors (Lipinski definition) is 0. The third-order valence-electron chi connectivity index (χ3n) is 2.76. The Kier molecular flexibility index (Phi) is 2.45. The number of fused-ring (bicyclic) bond motifs is 2. The van der Waals surface area contributed by atoms with Crippen LogP contribution in [0.5, 0.6) is 0 Å². The number of ether oxygens (including phenoxy) is 1. The Labute approximate surface area is 87.1 Å². The second-order valence-electron chi connectivity index (χ2n) is 3.59. The molecule has 76 valence electrons. The van der Waals surface area contributed by atoms with Gasteiger partial charge >= 0.3 is 0 Å². The Hall–Kier alpha value is -0.670. The summed E-state index contributed by atoms with van der Waals surface area (Å²) in [6.45, 7) is 2.41. The van der Waals surface area contributed by atoms with Crippen LogP contribution in [0.3, 0.4) is 0 Å². The average Bonchev–Trinajstić information content (AvgIpc) is 2.13. The molecular formula is C10H11ClO3. The van der Waals surface area contributed by atoms with Crippen molar-refractivity contribution >= 4 is 23.2 Å². The lowest BCUT2D eigenvalue weighted by Gasteiger charge is -2.37. The lowest BCUT2D eigenvalue weighted by Crippen LogP contribution is -2.48. The van der Waals surface area contributed by atoms with Crippen molar-refractivity contribution in [2.24, 2.45) is 11.8 Å². The third-order valence-corrected chi connectivity index (χ3v) is 3.12. The van der Waals surface area contributed by atoms with E-state index in [4.69, 9.17) is 16.3 Å². The number of carbonyl (C=O) groups excluding carboxylic acids is 2. The maximum Gasteiger partial charge on any atom is 0.209 e. The van der Waals surface area contributed by atoms with Gasteiger partial charge in [-0.25, -0.2) is 0 Å². The highest BCUT2D eigenvalue weighted by atomic mass is 35.5. The standard InChI is InChI=1S/C10H11ClO3/c1-2-14-7-4-5-3-6(11)8(7)10(13)9(5)12/h3,5,7-8H,2,4H2,1H3/t5-,7?,8-/m1/s1. The Balaban J connectivity index is 2.30. The lowest BCUT2D eigenvalue weighted by atomic mass is 9.72. The molecule has 1 saturated carbocycles. The van der Waals surface area contributed by atoms with E-state index in [9.17, 15) is 9.59 Å². The highest BCUT2D eigenvalue weighted by Crippen LogP contribution is 2.39. The van der Waals surface area contributed by atoms with Gasteiger partial charge in [0.25, 0.3) is 0 Å². The maximum absolute atomic E-state index is 11.5. The molecule has 0 aromatic carbocycles. The predicted molar refractivity (Wildman–Crippen MR) is 51.0 cm³/mol. The molecule has 1 unspecified atom stereocenters. The number of Topliss-reactive ketones (excluding diaryl/α,β-unsaturated/α-hetero) is 2. The summed E-state index contributed by atoms with van der Waals surface area (Å²) in [5.74, 6) is -1.58. The number of hydrogen-bond acceptors (Lipinski definition) is 3. The molecule has 1 fully saturated rings. The van der Waals surface area contributed by atoms with Crippen LogP contribution in [0.15, 0.2) is 11.1 Å². The largest absolute Gasteiger partial charge is 0.377 e. The van der Waals surface area contributed by atoms with Gasteiger partial charge in [-0.2, -0.15) is 0 Å². The fourth-order valence-electron chi connectivity index (χ4n) is 2.12. The van der Waals surface area contributed by atoms with Gasteiger partial charge < -0.3 is 4.74 Å². The van der Waals surface area contributed by atoms with Crippen LogP contribution in [0.4, 0.5) is 0 Å². The summed E-state index contributed by atoms with van der Waals surface area (Å²) < 4.78 is 5.41. The highest BCUT2D eigenvalue weighted by molar-refractivity contribution is 6.45. The number of ketones is 2. The summed E-state index contributed by atoms with van der Waals surface area (Å²) in [4.78, 5) is 22.9. The van der Waals surface area contributed by atoms with E-state index >= 15 is 0 Å². The van der Waals surface area contributed by atoms with Crippen molar-refractivity contribution in [3.63, 3.8) is 0 Å². The van der Waals surface area contributed by atoms with Crippen LogP contribution in [0.1, 0.15) is 13.3 Å². The SMILES string of the molecule is CCOC1C[C@H]2C=C(Cl)[C@H]1C(=O)C2=O. The van der Waals surface area contributed by atoms with Crippen molar-refractivity contribution < 1.29 is 14.3 Å². The van der Waals surface area contributed by atoms with Gasteiger partial charge in [0.05, 0.1) is 12.0 Å². The number of rotatable bonds is 2. The normalized spacial score (nSPS) is 36.1. The average molecular weight is 215 g/mol. The smallest absolute Gasteiger partial charge is 0.209 e. The first kappa shape index (κ1) is 9.87. The van der Waals surface area contributed by atoms with Crippen molar-refractivity contribution in [2.45, 2.75) is 19.4 Å². The van der Waals surface area contributed by atoms with Crippen molar-refractivity contribution in [1.29, 1.82) is 0 Å². The molecule has 0 amide bonds. The van der Waals surface area contributed by atoms with E-state index < -0.39 is 5.92 Å². The van der Waals surface area contributed by atoms with Gasteiger partial charge in [0, 0.05) is 17.6 Å². The molecule has 3 aliphatic carbocycles. The second kappa shape index (κ2) is 3.48. The molecular weight excluding hydrogens is 204 g/mol. The van der Waals surface area contributed by atoms with Gasteiger partial charge in [-0.1, -0.05) is 17.7 Å². The molecule has 2 bridgehead atoms. The van der Waals surface area contributed by atoms with E-state index in [0.29, 0.717) is 18.1 Å². The highest BCUT2D eigenvalue weighted by Gasteiger charge is 2.48. The topological polar surface area (TPSA) is 43.4 Å². The summed E-state index contributed by atoms with van der Waals surface area (Å²) in [5.41, 5.74) is 0. The van der Waals surface area contributed by atoms with Gasteiger partial charge in [-0.3, -0.25) is 9.59 Å². The zero-order valence-corrected chi connectivity index (χ0v) is 8.58. The monoisotopic (exact) mass is 214 g/mol. The van der Waals surface area contributed by atoms with E-state index in [1.807, 2.05) is 6.92 Å². The van der Waals surface area contributed by atoms with Gasteiger partial charge in [-0.05, 0) is 13.3 Å². The molecule has 0 saturated heterocycles. The minimum Gasteiger partial charge on any atom is -0.377 e. The van der Waals surface area contributed by atoms with Crippen LogP contribution in [0.25, 0.3) is 0 Å². The maximum atomic E-state index is 11.5. The van der Waals surface area contributed by atoms with Gasteiger partial charge in [0.15, 0.2) is 0 Å². The van der Waals surface area contributed by atoms with Crippen molar-refractivity contribution in [3.8, 4) is 0 Å². The fourth-order valence-corrected chi connectivity index (χ4v) is 2.51. The van der Waals surface area contributed by atoms with E-state index in [0.717, 1.165) is 0 Å². The Morgan fingerprint density at radius 2 is 2.21 bits per heavy atom. The van der Waals surface area contributed by atoms with Crippen LogP contribution in [0, 0.1) is 11.8 Å². The molecule has 3 rings (SSSR count). The van der Waals surface area contributed by atoms with Crippen LogP contribution < -0.4 is 0 Å². The summed E-state index contributed by atoms with van der Waals surface area (Å²) >= 11 is 5.91. The third kappa shape index (κ3) is 1.31. The summed E-state index contributed by atoms with van der Waals surface area (Å²) in [6.07, 6.45) is 2.08. The first-order chi connectivity index (χ1) is 6.65. The summed E-state index contributed by atoms with van der Waals surface area (Å²) in [7, 11) is 0. The Morgan fingerprint density at radius 3 is 2.79 bits per heavy atom. The van der Waals surface area contributed by atoms with Crippen LogP contribution in [-0.4, -0.2) is 24.3 Å². The zero-order valence-electron chi connectivity index (χ0n) is 7.83. The van der Waals surface area contributed by atoms with E-state index in [1.165, 1.54) is 0 Å². The summed E-state index contributed by atoms with van der Waals surface area (Å²) in [6, 6.07) is 0. The molecule has 0 aromatic heterocycles. The Bertz CT molecular complexity index is 321. The molecule has 0 radical (unpaired) electrons. The molecule has 0 N–H and O–H groups in total. The lowest BCUT2D eigenvalue weighted by molar-refractivity contribution is -0.148. The molecule has 0 aliphatic heterocycles. The molecule has 3 aliphatic rings. The van der Waals surface area contributed by atoms with Crippen molar-refractivity contribution in [2.75, 3.05) is 6.61 Å². The molecule has 3 atom stereocenters.